The molecule has 0 aliphatic rings. The average Bonchev–Trinajstić information content (AvgIpc) is 2.99. The quantitative estimate of drug-likeness (QED) is 0.704. The molecule has 4 nitrogen and oxygen atoms in total. The van der Waals surface area contributed by atoms with Gasteiger partial charge in [-0.3, -0.25) is 0 Å². The molecule has 2 aromatic carbocycles. The number of hydrogen-bond donors (Lipinski definition) is 0. The van der Waals surface area contributed by atoms with E-state index in [2.05, 4.69) is 24.0 Å². The second kappa shape index (κ2) is 6.65. The standard InChI is InChI=1S/C19H20N2O2/c1-3-4-8-14-9-7-10-15(13-14)18-20-16-11-5-6-12-17(16)21(18)19(22)23-2/h5-7,9-13H,3-4,8H2,1-2H3. The van der Waals surface area contributed by atoms with Crippen LogP contribution in [0.4, 0.5) is 4.79 Å². The van der Waals surface area contributed by atoms with E-state index in [-0.39, 0.29) is 0 Å². The van der Waals surface area contributed by atoms with Crippen molar-refractivity contribution in [3.05, 3.63) is 54.1 Å². The number of nitrogens with zero attached hydrogens (tertiary/aromatic N) is 2. The number of para-hydroxylation sites is 2. The first-order valence-electron chi connectivity index (χ1n) is 7.89. The van der Waals surface area contributed by atoms with Gasteiger partial charge in [0.15, 0.2) is 5.82 Å². The highest BCUT2D eigenvalue weighted by Gasteiger charge is 2.18. The number of rotatable bonds is 4. The highest BCUT2D eigenvalue weighted by molar-refractivity contribution is 5.91. The molecule has 0 radical (unpaired) electrons. The van der Waals surface area contributed by atoms with Gasteiger partial charge in [0.1, 0.15) is 0 Å². The molecule has 0 atom stereocenters. The number of imidazole rings is 1. The van der Waals surface area contributed by atoms with Gasteiger partial charge in [-0.25, -0.2) is 14.3 Å². The summed E-state index contributed by atoms with van der Waals surface area (Å²) in [6.07, 6.45) is 2.91. The summed E-state index contributed by atoms with van der Waals surface area (Å²) in [6, 6.07) is 15.8. The maximum Gasteiger partial charge on any atom is 0.419 e. The maximum atomic E-state index is 12.2. The summed E-state index contributed by atoms with van der Waals surface area (Å²) in [6.45, 7) is 2.18. The SMILES string of the molecule is CCCCc1cccc(-c2nc3ccccc3n2C(=O)OC)c1. The number of carbonyl (C=O) groups is 1. The van der Waals surface area contributed by atoms with Crippen molar-refractivity contribution in [2.45, 2.75) is 26.2 Å². The van der Waals surface area contributed by atoms with Crippen LogP contribution in [-0.4, -0.2) is 22.8 Å². The smallest absolute Gasteiger partial charge is 0.419 e. The molecule has 0 aliphatic heterocycles. The number of ether oxygens (including phenoxy) is 1. The lowest BCUT2D eigenvalue weighted by molar-refractivity contribution is 0.174. The maximum absolute atomic E-state index is 12.2. The van der Waals surface area contributed by atoms with E-state index in [1.807, 2.05) is 36.4 Å². The zero-order chi connectivity index (χ0) is 16.2. The topological polar surface area (TPSA) is 44.1 Å². The Kier molecular flexibility index (Phi) is 4.42. The van der Waals surface area contributed by atoms with Crippen LogP contribution in [0.2, 0.25) is 0 Å². The van der Waals surface area contributed by atoms with Gasteiger partial charge in [0.2, 0.25) is 0 Å². The largest absolute Gasteiger partial charge is 0.452 e. The normalized spacial score (nSPS) is 10.9. The van der Waals surface area contributed by atoms with Crippen molar-refractivity contribution >= 4 is 17.1 Å². The van der Waals surface area contributed by atoms with Crippen molar-refractivity contribution in [1.29, 1.82) is 0 Å². The Morgan fingerprint density at radius 3 is 2.78 bits per heavy atom. The molecule has 1 aromatic heterocycles. The second-order valence-corrected chi connectivity index (χ2v) is 5.53. The number of methoxy groups -OCH3 is 1. The molecule has 1 heterocycles. The molecule has 0 spiro atoms. The highest BCUT2D eigenvalue weighted by Crippen LogP contribution is 2.26. The molecule has 0 N–H and O–H groups in total. The van der Waals surface area contributed by atoms with Crippen molar-refractivity contribution in [2.75, 3.05) is 7.11 Å². The highest BCUT2D eigenvalue weighted by atomic mass is 16.5. The van der Waals surface area contributed by atoms with Gasteiger partial charge < -0.3 is 4.74 Å². The molecule has 3 rings (SSSR count). The Bertz CT molecular complexity index is 836. The molecular weight excluding hydrogens is 288 g/mol. The van der Waals surface area contributed by atoms with Crippen molar-refractivity contribution in [2.24, 2.45) is 0 Å². The van der Waals surface area contributed by atoms with Crippen LogP contribution in [0.1, 0.15) is 25.3 Å². The van der Waals surface area contributed by atoms with Crippen molar-refractivity contribution in [3.8, 4) is 11.4 Å². The number of unbranched alkanes of at least 4 members (excludes halogenated alkanes) is 1. The molecule has 0 unspecified atom stereocenters. The average molecular weight is 308 g/mol. The van der Waals surface area contributed by atoms with Crippen LogP contribution in [0.25, 0.3) is 22.4 Å². The van der Waals surface area contributed by atoms with E-state index in [0.717, 1.165) is 35.9 Å². The number of benzene rings is 2. The van der Waals surface area contributed by atoms with E-state index in [0.29, 0.717) is 5.82 Å². The van der Waals surface area contributed by atoms with E-state index >= 15 is 0 Å². The lowest BCUT2D eigenvalue weighted by Crippen LogP contribution is -2.12. The van der Waals surface area contributed by atoms with Crippen LogP contribution in [0.5, 0.6) is 0 Å². The van der Waals surface area contributed by atoms with Gasteiger partial charge in [0, 0.05) is 5.56 Å². The Morgan fingerprint density at radius 1 is 1.17 bits per heavy atom. The fourth-order valence-electron chi connectivity index (χ4n) is 2.74. The third kappa shape index (κ3) is 2.97. The van der Waals surface area contributed by atoms with E-state index in [9.17, 15) is 4.79 Å². The first-order valence-corrected chi connectivity index (χ1v) is 7.89. The molecule has 118 valence electrons. The van der Waals surface area contributed by atoms with Crippen LogP contribution < -0.4 is 0 Å². The summed E-state index contributed by atoms with van der Waals surface area (Å²) in [5, 5.41) is 0. The summed E-state index contributed by atoms with van der Waals surface area (Å²) in [5.41, 5.74) is 3.73. The van der Waals surface area contributed by atoms with Gasteiger partial charge in [-0.1, -0.05) is 43.7 Å². The number of aryl methyl sites for hydroxylation is 1. The third-order valence-corrected chi connectivity index (χ3v) is 3.92. The Labute approximate surface area is 135 Å². The molecule has 0 saturated carbocycles. The second-order valence-electron chi connectivity index (χ2n) is 5.53. The summed E-state index contributed by atoms with van der Waals surface area (Å²) in [5.74, 6) is 0.622. The minimum absolute atomic E-state index is 0.423. The third-order valence-electron chi connectivity index (χ3n) is 3.92. The van der Waals surface area contributed by atoms with Gasteiger partial charge in [0.25, 0.3) is 0 Å². The van der Waals surface area contributed by atoms with Gasteiger partial charge >= 0.3 is 6.09 Å². The molecule has 4 heteroatoms. The van der Waals surface area contributed by atoms with Crippen molar-refractivity contribution < 1.29 is 9.53 Å². The lowest BCUT2D eigenvalue weighted by atomic mass is 10.1. The van der Waals surface area contributed by atoms with E-state index < -0.39 is 6.09 Å². The predicted molar refractivity (Wildman–Crippen MR) is 91.6 cm³/mol. The van der Waals surface area contributed by atoms with Crippen molar-refractivity contribution in [3.63, 3.8) is 0 Å². The first-order chi connectivity index (χ1) is 11.2. The molecule has 0 saturated heterocycles. The molecule has 0 bridgehead atoms. The minimum Gasteiger partial charge on any atom is -0.452 e. The van der Waals surface area contributed by atoms with E-state index in [1.165, 1.54) is 17.2 Å². The Morgan fingerprint density at radius 2 is 2.00 bits per heavy atom. The van der Waals surface area contributed by atoms with Crippen LogP contribution in [0, 0.1) is 0 Å². The predicted octanol–water partition coefficient (Wildman–Crippen LogP) is 4.66. The summed E-state index contributed by atoms with van der Waals surface area (Å²) in [4.78, 5) is 16.9. The Hall–Kier alpha value is -2.62. The minimum atomic E-state index is -0.423. The monoisotopic (exact) mass is 308 g/mol. The van der Waals surface area contributed by atoms with E-state index in [4.69, 9.17) is 4.74 Å². The number of hydrogen-bond acceptors (Lipinski definition) is 3. The number of fused-ring (bicyclic) bond motifs is 1. The molecule has 0 fully saturated rings. The van der Waals surface area contributed by atoms with Crippen LogP contribution >= 0.6 is 0 Å². The van der Waals surface area contributed by atoms with Crippen LogP contribution in [0.15, 0.2) is 48.5 Å². The van der Waals surface area contributed by atoms with Gasteiger partial charge in [-0.15, -0.1) is 0 Å². The van der Waals surface area contributed by atoms with Gasteiger partial charge in [0.05, 0.1) is 18.1 Å². The fraction of sp³-hybridized carbons (Fsp3) is 0.263. The van der Waals surface area contributed by atoms with E-state index in [1.54, 1.807) is 0 Å². The molecule has 0 amide bonds. The Balaban J connectivity index is 2.14. The van der Waals surface area contributed by atoms with Crippen LogP contribution in [-0.2, 0) is 11.2 Å². The molecule has 23 heavy (non-hydrogen) atoms. The zero-order valence-corrected chi connectivity index (χ0v) is 13.5. The fourth-order valence-corrected chi connectivity index (χ4v) is 2.74. The summed E-state index contributed by atoms with van der Waals surface area (Å²) >= 11 is 0. The number of carbonyl (C=O) groups excluding carboxylic acids is 1. The van der Waals surface area contributed by atoms with Gasteiger partial charge in [-0.2, -0.15) is 0 Å². The molecule has 0 aliphatic carbocycles. The first kappa shape index (κ1) is 15.3. The summed E-state index contributed by atoms with van der Waals surface area (Å²) < 4.78 is 6.48. The number of aromatic nitrogens is 2. The summed E-state index contributed by atoms with van der Waals surface area (Å²) in [7, 11) is 1.39. The molecular formula is C19H20N2O2. The van der Waals surface area contributed by atoms with Gasteiger partial charge in [-0.05, 0) is 36.6 Å². The zero-order valence-electron chi connectivity index (χ0n) is 13.5. The van der Waals surface area contributed by atoms with Crippen molar-refractivity contribution in [1.82, 2.24) is 9.55 Å². The lowest BCUT2D eigenvalue weighted by Gasteiger charge is -2.08. The van der Waals surface area contributed by atoms with Crippen LogP contribution in [0.3, 0.4) is 0 Å². The molecule has 3 aromatic rings.